The van der Waals surface area contributed by atoms with Crippen LogP contribution in [0.5, 0.6) is 0 Å². The van der Waals surface area contributed by atoms with Crippen LogP contribution < -0.4 is 16.4 Å². The summed E-state index contributed by atoms with van der Waals surface area (Å²) in [6.07, 6.45) is 0.297. The lowest BCUT2D eigenvalue weighted by Gasteiger charge is -2.16. The third kappa shape index (κ3) is 4.79. The molecule has 1 aromatic carbocycles. The highest BCUT2D eigenvalue weighted by molar-refractivity contribution is 5.96. The lowest BCUT2D eigenvalue weighted by Crippen LogP contribution is -2.22. The summed E-state index contributed by atoms with van der Waals surface area (Å²) in [5.74, 6) is 0.275. The van der Waals surface area contributed by atoms with Crippen LogP contribution in [0.1, 0.15) is 30.6 Å². The zero-order chi connectivity index (χ0) is 14.4. The molecule has 5 N–H and O–H groups in total. The van der Waals surface area contributed by atoms with Crippen LogP contribution in [-0.4, -0.2) is 30.7 Å². The van der Waals surface area contributed by atoms with E-state index < -0.39 is 6.10 Å². The van der Waals surface area contributed by atoms with Gasteiger partial charge in [-0.2, -0.15) is 0 Å². The van der Waals surface area contributed by atoms with Crippen molar-refractivity contribution in [3.63, 3.8) is 0 Å². The Bertz CT molecular complexity index is 433. The molecule has 1 aromatic rings. The van der Waals surface area contributed by atoms with Gasteiger partial charge in [-0.25, -0.2) is 0 Å². The Morgan fingerprint density at radius 2 is 2.11 bits per heavy atom. The molecule has 1 rings (SSSR count). The second kappa shape index (κ2) is 6.99. The monoisotopic (exact) mass is 265 g/mol. The van der Waals surface area contributed by atoms with E-state index in [0.717, 1.165) is 6.42 Å². The van der Waals surface area contributed by atoms with Gasteiger partial charge in [-0.15, -0.1) is 0 Å². The number of rotatable bonds is 6. The lowest BCUT2D eigenvalue weighted by molar-refractivity contribution is 0.0963. The molecule has 0 saturated carbocycles. The maximum atomic E-state index is 11.5. The smallest absolute Gasteiger partial charge is 0.251 e. The average Bonchev–Trinajstić information content (AvgIpc) is 2.36. The molecule has 0 aliphatic carbocycles. The third-order valence-corrected chi connectivity index (χ3v) is 2.81. The van der Waals surface area contributed by atoms with E-state index in [1.165, 1.54) is 0 Å². The van der Waals surface area contributed by atoms with Crippen molar-refractivity contribution in [1.82, 2.24) is 5.32 Å². The number of nitrogens with one attached hydrogen (secondary N) is 2. The van der Waals surface area contributed by atoms with Gasteiger partial charge in [0, 0.05) is 19.2 Å². The number of carbonyl (C=O) groups is 1. The van der Waals surface area contributed by atoms with Crippen LogP contribution in [-0.2, 0) is 0 Å². The highest BCUT2D eigenvalue weighted by Gasteiger charge is 2.10. The fraction of sp³-hybridized carbons (Fsp3) is 0.500. The van der Waals surface area contributed by atoms with Gasteiger partial charge in [-0.3, -0.25) is 4.79 Å². The van der Waals surface area contributed by atoms with Gasteiger partial charge in [-0.1, -0.05) is 13.8 Å². The van der Waals surface area contributed by atoms with Crippen LogP contribution >= 0.6 is 0 Å². The number of hydrogen-bond acceptors (Lipinski definition) is 4. The minimum absolute atomic E-state index is 0.161. The molecular formula is C14H23N3O2. The summed E-state index contributed by atoms with van der Waals surface area (Å²) in [6.45, 7) is 4.53. The predicted octanol–water partition coefficient (Wildman–Crippen LogP) is 1.45. The molecule has 106 valence electrons. The quantitative estimate of drug-likeness (QED) is 0.586. The number of benzene rings is 1. The van der Waals surface area contributed by atoms with Gasteiger partial charge in [0.2, 0.25) is 0 Å². The predicted molar refractivity (Wildman–Crippen MR) is 78.2 cm³/mol. The van der Waals surface area contributed by atoms with Gasteiger partial charge in [0.05, 0.1) is 17.5 Å². The summed E-state index contributed by atoms with van der Waals surface area (Å²) in [5, 5.41) is 15.5. The standard InChI is InChI=1S/C14H23N3O2/c1-9(2)6-11(18)8-17-13-7-10(14(19)16-3)4-5-12(13)15/h4-5,7,9,11,17-18H,6,8,15H2,1-3H3,(H,16,19). The Balaban J connectivity index is 2.69. The number of hydrogen-bond donors (Lipinski definition) is 4. The SMILES string of the molecule is CNC(=O)c1ccc(N)c(NCC(O)CC(C)C)c1. The van der Waals surface area contributed by atoms with Crippen LogP contribution in [0.3, 0.4) is 0 Å². The van der Waals surface area contributed by atoms with E-state index in [1.54, 1.807) is 25.2 Å². The Morgan fingerprint density at radius 3 is 2.68 bits per heavy atom. The Kier molecular flexibility index (Phi) is 5.63. The summed E-state index contributed by atoms with van der Waals surface area (Å²) < 4.78 is 0. The molecule has 5 heteroatoms. The molecule has 0 aromatic heterocycles. The van der Waals surface area contributed by atoms with Gasteiger partial charge < -0.3 is 21.5 Å². The van der Waals surface area contributed by atoms with Crippen LogP contribution in [0.15, 0.2) is 18.2 Å². The van der Waals surface area contributed by atoms with Crippen molar-refractivity contribution >= 4 is 17.3 Å². The number of aliphatic hydroxyl groups excluding tert-OH is 1. The lowest BCUT2D eigenvalue weighted by atomic mass is 10.1. The number of aliphatic hydroxyl groups is 1. The second-order valence-electron chi connectivity index (χ2n) is 5.05. The summed E-state index contributed by atoms with van der Waals surface area (Å²) in [6, 6.07) is 5.04. The van der Waals surface area contributed by atoms with E-state index in [2.05, 4.69) is 24.5 Å². The first-order chi connectivity index (χ1) is 8.93. The molecule has 0 bridgehead atoms. The maximum absolute atomic E-state index is 11.5. The van der Waals surface area contributed by atoms with Crippen LogP contribution in [0, 0.1) is 5.92 Å². The van der Waals surface area contributed by atoms with Gasteiger partial charge >= 0.3 is 0 Å². The van der Waals surface area contributed by atoms with Crippen molar-refractivity contribution in [2.45, 2.75) is 26.4 Å². The van der Waals surface area contributed by atoms with Crippen molar-refractivity contribution in [3.05, 3.63) is 23.8 Å². The number of nitrogen functional groups attached to an aromatic ring is 1. The van der Waals surface area contributed by atoms with E-state index in [-0.39, 0.29) is 5.91 Å². The van der Waals surface area contributed by atoms with Crippen LogP contribution in [0.25, 0.3) is 0 Å². The largest absolute Gasteiger partial charge is 0.397 e. The zero-order valence-corrected chi connectivity index (χ0v) is 11.7. The van der Waals surface area contributed by atoms with E-state index in [1.807, 2.05) is 0 Å². The van der Waals surface area contributed by atoms with Crippen molar-refractivity contribution < 1.29 is 9.90 Å². The molecule has 1 unspecified atom stereocenters. The minimum atomic E-state index is -0.428. The molecule has 0 spiro atoms. The average molecular weight is 265 g/mol. The van der Waals surface area contributed by atoms with Crippen LogP contribution in [0.4, 0.5) is 11.4 Å². The third-order valence-electron chi connectivity index (χ3n) is 2.81. The van der Waals surface area contributed by atoms with Gasteiger partial charge in [0.1, 0.15) is 0 Å². The van der Waals surface area contributed by atoms with Gasteiger partial charge in [0.15, 0.2) is 0 Å². The van der Waals surface area contributed by atoms with E-state index in [9.17, 15) is 9.90 Å². The number of amides is 1. The normalized spacial score (nSPS) is 12.3. The van der Waals surface area contributed by atoms with E-state index in [0.29, 0.717) is 29.4 Å². The van der Waals surface area contributed by atoms with Crippen molar-refractivity contribution in [2.24, 2.45) is 5.92 Å². The fourth-order valence-corrected chi connectivity index (χ4v) is 1.85. The molecule has 5 nitrogen and oxygen atoms in total. The molecule has 1 amide bonds. The molecule has 0 aliphatic heterocycles. The molecule has 1 atom stereocenters. The molecule has 19 heavy (non-hydrogen) atoms. The highest BCUT2D eigenvalue weighted by atomic mass is 16.3. The first-order valence-corrected chi connectivity index (χ1v) is 6.47. The van der Waals surface area contributed by atoms with Crippen molar-refractivity contribution in [2.75, 3.05) is 24.6 Å². The first-order valence-electron chi connectivity index (χ1n) is 6.47. The minimum Gasteiger partial charge on any atom is -0.397 e. The Morgan fingerprint density at radius 1 is 1.42 bits per heavy atom. The van der Waals surface area contributed by atoms with Crippen LogP contribution in [0.2, 0.25) is 0 Å². The second-order valence-corrected chi connectivity index (χ2v) is 5.05. The molecule has 0 heterocycles. The molecule has 0 radical (unpaired) electrons. The maximum Gasteiger partial charge on any atom is 0.251 e. The van der Waals surface area contributed by atoms with Gasteiger partial charge in [-0.05, 0) is 30.5 Å². The summed E-state index contributed by atoms with van der Waals surface area (Å²) in [4.78, 5) is 11.5. The molecule has 0 aliphatic rings. The fourth-order valence-electron chi connectivity index (χ4n) is 1.85. The topological polar surface area (TPSA) is 87.4 Å². The molecule has 0 fully saturated rings. The zero-order valence-electron chi connectivity index (χ0n) is 11.7. The number of anilines is 2. The Hall–Kier alpha value is -1.75. The number of nitrogens with two attached hydrogens (primary N) is 1. The van der Waals surface area contributed by atoms with Crippen molar-refractivity contribution in [3.8, 4) is 0 Å². The highest BCUT2D eigenvalue weighted by Crippen LogP contribution is 2.20. The summed E-state index contributed by atoms with van der Waals surface area (Å²) in [7, 11) is 1.58. The first kappa shape index (κ1) is 15.3. The van der Waals surface area contributed by atoms with E-state index in [4.69, 9.17) is 5.73 Å². The summed E-state index contributed by atoms with van der Waals surface area (Å²) in [5.41, 5.74) is 7.61. The molecular weight excluding hydrogens is 242 g/mol. The van der Waals surface area contributed by atoms with Crippen molar-refractivity contribution in [1.29, 1.82) is 0 Å². The van der Waals surface area contributed by atoms with Gasteiger partial charge in [0.25, 0.3) is 5.91 Å². The van der Waals surface area contributed by atoms with E-state index >= 15 is 0 Å². The molecule has 0 saturated heterocycles. The Labute approximate surface area is 114 Å². The number of carbonyl (C=O) groups excluding carboxylic acids is 1. The summed E-state index contributed by atoms with van der Waals surface area (Å²) >= 11 is 0.